The Morgan fingerprint density at radius 2 is 1.63 bits per heavy atom. The number of rotatable bonds is 12. The average molecular weight is 802 g/mol. The fraction of sp³-hybridized carbons (Fsp3) is 0.257. The molecule has 4 heterocycles. The van der Waals surface area contributed by atoms with E-state index in [0.717, 1.165) is 27.2 Å². The van der Waals surface area contributed by atoms with Crippen molar-refractivity contribution in [3.63, 3.8) is 0 Å². The standard InChI is InChI=1S/C35H32Cl2F2N8O6S/c1-3-45(2)54(52,53)44-27-8-7-26(38)30(31(27)39)32(50)23-18-47(34(51)29-24(36)5-4-6-25(29)37)33-22(23)13-19(14-41-33)20-15-42-35(43-16-20)46-11-9-21(10-12-46)40-17-28(48)49/h4-8,13-16,18,21,40,44H,3,9-12,17H2,1-2H3,(H,48,49). The number of nitrogens with zero attached hydrogens (tertiary/aromatic N) is 6. The lowest BCUT2D eigenvalue weighted by Crippen LogP contribution is -2.44. The number of aliphatic carboxylic acids is 1. The molecule has 1 aliphatic rings. The SMILES string of the molecule is CCN(C)S(=O)(=O)Nc1ccc(F)c(C(=O)c2cn(C(=O)c3c(Cl)cccc3Cl)c3ncc(-c4cnc(N5CCC(NCC(=O)O)CC5)nc4)cc23)c1F. The fourth-order valence-corrected chi connectivity index (χ4v) is 7.42. The number of carbonyl (C=O) groups is 3. The number of nitrogens with one attached hydrogen (secondary N) is 2. The molecule has 5 aromatic rings. The van der Waals surface area contributed by atoms with Gasteiger partial charge in [-0.05, 0) is 43.2 Å². The van der Waals surface area contributed by atoms with Gasteiger partial charge in [0.25, 0.3) is 5.91 Å². The normalized spacial score (nSPS) is 13.8. The first-order valence-corrected chi connectivity index (χ1v) is 18.7. The van der Waals surface area contributed by atoms with Crippen molar-refractivity contribution in [1.29, 1.82) is 0 Å². The number of aromatic nitrogens is 4. The first-order chi connectivity index (χ1) is 25.7. The number of hydrogen-bond donors (Lipinski definition) is 3. The zero-order chi connectivity index (χ0) is 38.9. The molecule has 0 bridgehead atoms. The Morgan fingerprint density at radius 1 is 0.981 bits per heavy atom. The van der Waals surface area contributed by atoms with Crippen molar-refractivity contribution in [1.82, 2.24) is 29.1 Å². The number of halogens is 4. The third-order valence-corrected chi connectivity index (χ3v) is 11.2. The molecule has 54 heavy (non-hydrogen) atoms. The Morgan fingerprint density at radius 3 is 2.26 bits per heavy atom. The van der Waals surface area contributed by atoms with Crippen LogP contribution in [-0.4, -0.2) is 94.3 Å². The molecule has 0 atom stereocenters. The molecule has 0 unspecified atom stereocenters. The van der Waals surface area contributed by atoms with Gasteiger partial charge in [-0.1, -0.05) is 36.2 Å². The zero-order valence-corrected chi connectivity index (χ0v) is 31.0. The molecule has 1 aliphatic heterocycles. The van der Waals surface area contributed by atoms with Gasteiger partial charge in [0.1, 0.15) is 11.5 Å². The van der Waals surface area contributed by atoms with Gasteiger partial charge < -0.3 is 15.3 Å². The van der Waals surface area contributed by atoms with E-state index in [1.807, 2.05) is 9.62 Å². The lowest BCUT2D eigenvalue weighted by Gasteiger charge is -2.32. The number of anilines is 2. The number of benzene rings is 2. The molecule has 0 amide bonds. The summed E-state index contributed by atoms with van der Waals surface area (Å²) in [4.78, 5) is 54.3. The maximum absolute atomic E-state index is 16.0. The summed E-state index contributed by atoms with van der Waals surface area (Å²) in [5.74, 6) is -5.22. The van der Waals surface area contributed by atoms with Crippen LogP contribution in [0.3, 0.4) is 0 Å². The molecular formula is C35H32Cl2F2N8O6S. The predicted octanol–water partition coefficient (Wildman–Crippen LogP) is 5.25. The van der Waals surface area contributed by atoms with Gasteiger partial charge in [0, 0.05) is 74.0 Å². The minimum atomic E-state index is -4.25. The number of pyridine rings is 1. The van der Waals surface area contributed by atoms with E-state index in [9.17, 15) is 22.8 Å². The lowest BCUT2D eigenvalue weighted by atomic mass is 10.0. The Hall–Kier alpha value is -5.07. The first-order valence-electron chi connectivity index (χ1n) is 16.5. The highest BCUT2D eigenvalue weighted by atomic mass is 35.5. The summed E-state index contributed by atoms with van der Waals surface area (Å²) >= 11 is 12.7. The molecule has 3 aromatic heterocycles. The van der Waals surface area contributed by atoms with Crippen molar-refractivity contribution in [2.45, 2.75) is 25.8 Å². The van der Waals surface area contributed by atoms with Gasteiger partial charge in [0.15, 0.2) is 5.82 Å². The van der Waals surface area contributed by atoms with E-state index in [-0.39, 0.29) is 51.3 Å². The number of carboxylic acids is 1. The highest BCUT2D eigenvalue weighted by Gasteiger charge is 2.30. The van der Waals surface area contributed by atoms with Crippen LogP contribution in [-0.2, 0) is 15.0 Å². The molecule has 0 spiro atoms. The number of fused-ring (bicyclic) bond motifs is 1. The van der Waals surface area contributed by atoms with Crippen LogP contribution in [0.2, 0.25) is 10.0 Å². The molecule has 6 rings (SSSR count). The molecule has 14 nitrogen and oxygen atoms in total. The zero-order valence-electron chi connectivity index (χ0n) is 28.7. The van der Waals surface area contributed by atoms with Gasteiger partial charge in [-0.25, -0.2) is 23.7 Å². The van der Waals surface area contributed by atoms with Crippen molar-refractivity contribution < 1.29 is 36.7 Å². The minimum Gasteiger partial charge on any atom is -0.480 e. The summed E-state index contributed by atoms with van der Waals surface area (Å²) < 4.78 is 60.6. The number of piperidine rings is 1. The highest BCUT2D eigenvalue weighted by Crippen LogP contribution is 2.33. The third-order valence-electron chi connectivity index (χ3n) is 8.99. The molecule has 0 saturated carbocycles. The smallest absolute Gasteiger partial charge is 0.317 e. The molecule has 2 aromatic carbocycles. The van der Waals surface area contributed by atoms with Crippen molar-refractivity contribution in [3.05, 3.63) is 99.6 Å². The number of carboxylic acid groups (broad SMARTS) is 1. The maximum Gasteiger partial charge on any atom is 0.317 e. The Labute approximate surface area is 317 Å². The molecule has 3 N–H and O–H groups in total. The second-order valence-electron chi connectivity index (χ2n) is 12.4. The van der Waals surface area contributed by atoms with Gasteiger partial charge in [0.05, 0.1) is 39.0 Å². The van der Waals surface area contributed by atoms with Crippen LogP contribution in [0, 0.1) is 11.6 Å². The lowest BCUT2D eigenvalue weighted by molar-refractivity contribution is -0.136. The van der Waals surface area contributed by atoms with Crippen LogP contribution < -0.4 is 14.9 Å². The molecule has 0 aliphatic carbocycles. The van der Waals surface area contributed by atoms with E-state index in [4.69, 9.17) is 28.3 Å². The summed E-state index contributed by atoms with van der Waals surface area (Å²) in [7, 11) is -3.00. The monoisotopic (exact) mass is 800 g/mol. The quantitative estimate of drug-likeness (QED) is 0.140. The van der Waals surface area contributed by atoms with Crippen molar-refractivity contribution in [3.8, 4) is 11.1 Å². The van der Waals surface area contributed by atoms with Gasteiger partial charge in [-0.2, -0.15) is 12.7 Å². The van der Waals surface area contributed by atoms with Crippen molar-refractivity contribution in [2.24, 2.45) is 0 Å². The number of ketones is 1. The summed E-state index contributed by atoms with van der Waals surface area (Å²) in [5, 5.41) is 12.0. The summed E-state index contributed by atoms with van der Waals surface area (Å²) in [6, 6.07) is 7.58. The largest absolute Gasteiger partial charge is 0.480 e. The maximum atomic E-state index is 16.0. The van der Waals surface area contributed by atoms with E-state index in [0.29, 0.717) is 43.0 Å². The van der Waals surface area contributed by atoms with Crippen LogP contribution in [0.5, 0.6) is 0 Å². The average Bonchev–Trinajstić information content (AvgIpc) is 3.54. The van der Waals surface area contributed by atoms with E-state index in [1.54, 1.807) is 6.92 Å². The van der Waals surface area contributed by atoms with E-state index >= 15 is 8.78 Å². The van der Waals surface area contributed by atoms with Crippen LogP contribution >= 0.6 is 23.2 Å². The van der Waals surface area contributed by atoms with Gasteiger partial charge in [-0.15, -0.1) is 0 Å². The molecule has 0 radical (unpaired) electrons. The topological polar surface area (TPSA) is 180 Å². The number of carbonyl (C=O) groups excluding carboxylic acids is 2. The van der Waals surface area contributed by atoms with Crippen LogP contribution in [0.25, 0.3) is 22.2 Å². The molecule has 19 heteroatoms. The van der Waals surface area contributed by atoms with Gasteiger partial charge in [0.2, 0.25) is 11.7 Å². The van der Waals surface area contributed by atoms with E-state index in [2.05, 4.69) is 20.3 Å². The third kappa shape index (κ3) is 7.76. The molecule has 1 fully saturated rings. The van der Waals surface area contributed by atoms with Gasteiger partial charge >= 0.3 is 16.2 Å². The highest BCUT2D eigenvalue weighted by molar-refractivity contribution is 7.90. The van der Waals surface area contributed by atoms with Crippen LogP contribution in [0.15, 0.2) is 61.2 Å². The Kier molecular flexibility index (Phi) is 11.3. The molecule has 282 valence electrons. The Balaban J connectivity index is 1.40. The molecule has 1 saturated heterocycles. The first kappa shape index (κ1) is 38.6. The Bertz CT molecular complexity index is 2370. The summed E-state index contributed by atoms with van der Waals surface area (Å²) in [6.45, 7) is 2.67. The van der Waals surface area contributed by atoms with Crippen LogP contribution in [0.4, 0.5) is 20.4 Å². The van der Waals surface area contributed by atoms with Crippen molar-refractivity contribution >= 4 is 73.7 Å². The second kappa shape index (κ2) is 15.7. The molecular weight excluding hydrogens is 769 g/mol. The van der Waals surface area contributed by atoms with E-state index < -0.39 is 50.8 Å². The van der Waals surface area contributed by atoms with Gasteiger partial charge in [-0.3, -0.25) is 23.7 Å². The summed E-state index contributed by atoms with van der Waals surface area (Å²) in [5.41, 5.74) is -1.39. The second-order valence-corrected chi connectivity index (χ2v) is 14.9. The summed E-state index contributed by atoms with van der Waals surface area (Å²) in [6.07, 6.45) is 6.94. The van der Waals surface area contributed by atoms with Crippen LogP contribution in [0.1, 0.15) is 46.0 Å². The van der Waals surface area contributed by atoms with Crippen molar-refractivity contribution in [2.75, 3.05) is 42.8 Å². The fourth-order valence-electron chi connectivity index (χ4n) is 5.93. The minimum absolute atomic E-state index is 0.00551. The predicted molar refractivity (Wildman–Crippen MR) is 198 cm³/mol. The number of hydrogen-bond acceptors (Lipinski definition) is 10. The van der Waals surface area contributed by atoms with E-state index in [1.165, 1.54) is 49.9 Å².